The van der Waals surface area contributed by atoms with Crippen LogP contribution in [0.25, 0.3) is 5.69 Å². The van der Waals surface area contributed by atoms with Gasteiger partial charge in [-0.05, 0) is 48.7 Å². The van der Waals surface area contributed by atoms with Crippen LogP contribution in [0.1, 0.15) is 28.4 Å². The SMILES string of the molecule is Cc1cc(C)cc(-n2ncc(CN3CCNCC3c3cccnc3)n2)c1. The number of nitrogens with one attached hydrogen (secondary N) is 1. The highest BCUT2D eigenvalue weighted by atomic mass is 15.5. The highest BCUT2D eigenvalue weighted by Gasteiger charge is 2.24. The largest absolute Gasteiger partial charge is 0.314 e. The van der Waals surface area contributed by atoms with E-state index in [1.54, 1.807) is 4.80 Å². The summed E-state index contributed by atoms with van der Waals surface area (Å²) in [6.07, 6.45) is 5.65. The Labute approximate surface area is 153 Å². The number of aromatic nitrogens is 4. The maximum Gasteiger partial charge on any atom is 0.0972 e. The lowest BCUT2D eigenvalue weighted by atomic mass is 10.1. The number of nitrogens with zero attached hydrogens (tertiary/aromatic N) is 5. The minimum Gasteiger partial charge on any atom is -0.314 e. The van der Waals surface area contributed by atoms with Crippen LogP contribution in [0.15, 0.2) is 48.9 Å². The third kappa shape index (κ3) is 3.66. The highest BCUT2D eigenvalue weighted by molar-refractivity contribution is 5.37. The van der Waals surface area contributed by atoms with Crippen LogP contribution in [0.2, 0.25) is 0 Å². The van der Waals surface area contributed by atoms with E-state index in [9.17, 15) is 0 Å². The summed E-state index contributed by atoms with van der Waals surface area (Å²) in [4.78, 5) is 8.46. The third-order valence-electron chi connectivity index (χ3n) is 4.77. The van der Waals surface area contributed by atoms with E-state index in [0.717, 1.165) is 37.6 Å². The number of hydrogen-bond donors (Lipinski definition) is 1. The molecule has 1 aliphatic heterocycles. The molecule has 2 aromatic heterocycles. The van der Waals surface area contributed by atoms with Gasteiger partial charge in [0, 0.05) is 44.6 Å². The first-order valence-electron chi connectivity index (χ1n) is 9.03. The van der Waals surface area contributed by atoms with E-state index < -0.39 is 0 Å². The summed E-state index contributed by atoms with van der Waals surface area (Å²) < 4.78 is 0. The normalized spacial score (nSPS) is 18.2. The zero-order valence-electron chi connectivity index (χ0n) is 15.3. The Morgan fingerprint density at radius 1 is 1.15 bits per heavy atom. The Hall–Kier alpha value is -2.57. The summed E-state index contributed by atoms with van der Waals surface area (Å²) in [7, 11) is 0. The first-order chi connectivity index (χ1) is 12.7. The van der Waals surface area contributed by atoms with E-state index in [1.807, 2.05) is 24.7 Å². The summed E-state index contributed by atoms with van der Waals surface area (Å²) in [6.45, 7) is 7.88. The maximum atomic E-state index is 4.71. The molecule has 1 aromatic carbocycles. The second-order valence-electron chi connectivity index (χ2n) is 6.95. The van der Waals surface area contributed by atoms with Crippen molar-refractivity contribution < 1.29 is 0 Å². The van der Waals surface area contributed by atoms with Crippen LogP contribution >= 0.6 is 0 Å². The average molecular weight is 348 g/mol. The molecule has 6 nitrogen and oxygen atoms in total. The van der Waals surface area contributed by atoms with E-state index >= 15 is 0 Å². The minimum atomic E-state index is 0.309. The molecule has 26 heavy (non-hydrogen) atoms. The van der Waals surface area contributed by atoms with Gasteiger partial charge in [-0.15, -0.1) is 0 Å². The summed E-state index contributed by atoms with van der Waals surface area (Å²) in [5.74, 6) is 0. The van der Waals surface area contributed by atoms with E-state index in [4.69, 9.17) is 5.10 Å². The van der Waals surface area contributed by atoms with Crippen LogP contribution in [0.3, 0.4) is 0 Å². The van der Waals surface area contributed by atoms with Gasteiger partial charge in [0.15, 0.2) is 0 Å². The van der Waals surface area contributed by atoms with E-state index in [0.29, 0.717) is 6.04 Å². The van der Waals surface area contributed by atoms with Crippen LogP contribution in [0, 0.1) is 13.8 Å². The summed E-state index contributed by atoms with van der Waals surface area (Å²) in [5.41, 5.74) is 5.68. The Morgan fingerprint density at radius 3 is 2.77 bits per heavy atom. The zero-order chi connectivity index (χ0) is 17.9. The molecule has 4 rings (SSSR count). The Morgan fingerprint density at radius 2 is 2.00 bits per heavy atom. The number of pyridine rings is 1. The molecule has 134 valence electrons. The van der Waals surface area contributed by atoms with Gasteiger partial charge in [-0.2, -0.15) is 15.0 Å². The molecule has 0 radical (unpaired) electrons. The van der Waals surface area contributed by atoms with E-state index in [2.05, 4.69) is 58.4 Å². The van der Waals surface area contributed by atoms with Gasteiger partial charge in [-0.25, -0.2) is 0 Å². The van der Waals surface area contributed by atoms with Crippen LogP contribution in [0.5, 0.6) is 0 Å². The first kappa shape index (κ1) is 16.9. The summed E-state index contributed by atoms with van der Waals surface area (Å²) in [5, 5.41) is 12.7. The molecule has 1 atom stereocenters. The second kappa shape index (κ2) is 7.35. The lowest BCUT2D eigenvalue weighted by Gasteiger charge is -2.35. The predicted molar refractivity (Wildman–Crippen MR) is 101 cm³/mol. The standard InChI is InChI=1S/C20H24N6/c1-15-8-16(2)10-19(9-15)26-23-12-18(24-26)14-25-7-6-22-13-20(25)17-4-3-5-21-11-17/h3-5,8-12,20,22H,6-7,13-14H2,1-2H3. The molecule has 6 heteroatoms. The minimum absolute atomic E-state index is 0.309. The fourth-order valence-corrected chi connectivity index (χ4v) is 3.60. The maximum absolute atomic E-state index is 4.71. The molecular weight excluding hydrogens is 324 g/mol. The molecule has 1 saturated heterocycles. The average Bonchev–Trinajstić information content (AvgIpc) is 3.11. The van der Waals surface area contributed by atoms with E-state index in [1.165, 1.54) is 16.7 Å². The van der Waals surface area contributed by atoms with Crippen LogP contribution in [-0.4, -0.2) is 44.5 Å². The number of piperazine rings is 1. The fraction of sp³-hybridized carbons (Fsp3) is 0.350. The number of benzene rings is 1. The molecular formula is C20H24N6. The third-order valence-corrected chi connectivity index (χ3v) is 4.77. The van der Waals surface area contributed by atoms with Gasteiger partial charge in [-0.3, -0.25) is 9.88 Å². The Kier molecular flexibility index (Phi) is 4.77. The molecule has 1 unspecified atom stereocenters. The predicted octanol–water partition coefficient (Wildman–Crippen LogP) is 2.43. The van der Waals surface area contributed by atoms with Crippen molar-refractivity contribution in [1.29, 1.82) is 0 Å². The van der Waals surface area contributed by atoms with Gasteiger partial charge in [0.2, 0.25) is 0 Å². The van der Waals surface area contributed by atoms with Crippen LogP contribution < -0.4 is 5.32 Å². The molecule has 3 aromatic rings. The van der Waals surface area contributed by atoms with Gasteiger partial charge in [0.25, 0.3) is 0 Å². The molecule has 0 bridgehead atoms. The van der Waals surface area contributed by atoms with Crippen molar-refractivity contribution in [2.45, 2.75) is 26.4 Å². The van der Waals surface area contributed by atoms with Gasteiger partial charge in [0.05, 0.1) is 17.6 Å². The molecule has 1 aliphatic rings. The topological polar surface area (TPSA) is 58.9 Å². The molecule has 1 N–H and O–H groups in total. The molecule has 3 heterocycles. The Balaban J connectivity index is 1.54. The number of rotatable bonds is 4. The lowest BCUT2D eigenvalue weighted by Crippen LogP contribution is -2.45. The van der Waals surface area contributed by atoms with Gasteiger partial charge < -0.3 is 5.32 Å². The summed E-state index contributed by atoms with van der Waals surface area (Å²) in [6, 6.07) is 10.8. The van der Waals surface area contributed by atoms with Gasteiger partial charge in [-0.1, -0.05) is 12.1 Å². The Bertz CT molecular complexity index is 853. The quantitative estimate of drug-likeness (QED) is 0.785. The van der Waals surface area contributed by atoms with Crippen molar-refractivity contribution in [2.75, 3.05) is 19.6 Å². The van der Waals surface area contributed by atoms with Crippen molar-refractivity contribution in [3.8, 4) is 5.69 Å². The van der Waals surface area contributed by atoms with Crippen LogP contribution in [0.4, 0.5) is 0 Å². The molecule has 0 amide bonds. The number of hydrogen-bond acceptors (Lipinski definition) is 5. The molecule has 1 fully saturated rings. The van der Waals surface area contributed by atoms with Gasteiger partial charge in [0.1, 0.15) is 0 Å². The van der Waals surface area contributed by atoms with Crippen molar-refractivity contribution in [2.24, 2.45) is 0 Å². The van der Waals surface area contributed by atoms with Crippen LogP contribution in [-0.2, 0) is 6.54 Å². The van der Waals surface area contributed by atoms with Gasteiger partial charge >= 0.3 is 0 Å². The zero-order valence-corrected chi connectivity index (χ0v) is 15.3. The van der Waals surface area contributed by atoms with E-state index in [-0.39, 0.29) is 0 Å². The number of aryl methyl sites for hydroxylation is 2. The lowest BCUT2D eigenvalue weighted by molar-refractivity contribution is 0.151. The van der Waals surface area contributed by atoms with Crippen molar-refractivity contribution in [1.82, 2.24) is 30.2 Å². The molecule has 0 saturated carbocycles. The van der Waals surface area contributed by atoms with Crippen molar-refractivity contribution in [3.05, 3.63) is 71.3 Å². The smallest absolute Gasteiger partial charge is 0.0972 e. The summed E-state index contributed by atoms with van der Waals surface area (Å²) >= 11 is 0. The molecule has 0 aliphatic carbocycles. The van der Waals surface area contributed by atoms with Crippen molar-refractivity contribution >= 4 is 0 Å². The monoisotopic (exact) mass is 348 g/mol. The highest BCUT2D eigenvalue weighted by Crippen LogP contribution is 2.23. The second-order valence-corrected chi connectivity index (χ2v) is 6.95. The van der Waals surface area contributed by atoms with Crippen molar-refractivity contribution in [3.63, 3.8) is 0 Å². The first-order valence-corrected chi connectivity index (χ1v) is 9.03. The molecule has 0 spiro atoms. The fourth-order valence-electron chi connectivity index (χ4n) is 3.60.